The van der Waals surface area contributed by atoms with E-state index < -0.39 is 16.5 Å². The molecule has 0 saturated carbocycles. The van der Waals surface area contributed by atoms with Crippen LogP contribution in [0.4, 0.5) is 0 Å². The summed E-state index contributed by atoms with van der Waals surface area (Å²) < 4.78 is -1.47. The number of hydroxylamine groups is 3. The van der Waals surface area contributed by atoms with E-state index in [1.807, 2.05) is 0 Å². The first-order chi connectivity index (χ1) is 7.11. The van der Waals surface area contributed by atoms with Crippen LogP contribution in [0.3, 0.4) is 0 Å². The lowest BCUT2D eigenvalue weighted by atomic mass is 10.1. The Hall–Kier alpha value is -1.78. The fourth-order valence-electron chi connectivity index (χ4n) is 1.69. The Balaban J connectivity index is 2.59. The number of quaternary nitrogens is 1. The van der Waals surface area contributed by atoms with Gasteiger partial charge in [0.05, 0.1) is 11.1 Å². The van der Waals surface area contributed by atoms with Crippen LogP contribution in [0, 0.1) is 5.21 Å². The van der Waals surface area contributed by atoms with Gasteiger partial charge in [-0.2, -0.15) is 0 Å². The molecule has 0 fully saturated rings. The van der Waals surface area contributed by atoms with Gasteiger partial charge in [-0.1, -0.05) is 18.7 Å². The molecule has 2 rings (SSSR count). The fourth-order valence-corrected chi connectivity index (χ4v) is 1.69. The van der Waals surface area contributed by atoms with Gasteiger partial charge < -0.3 is 5.21 Å². The SMILES string of the molecule is C=CC[N+]1([O-])C(=O)c2ccccc2C1=O. The van der Waals surface area contributed by atoms with Crippen molar-refractivity contribution in [2.75, 3.05) is 6.54 Å². The second kappa shape index (κ2) is 3.12. The number of carbonyl (C=O) groups is 2. The zero-order chi connectivity index (χ0) is 11.1. The molecule has 2 amide bonds. The first-order valence-corrected chi connectivity index (χ1v) is 4.50. The van der Waals surface area contributed by atoms with Crippen LogP contribution in [-0.2, 0) is 0 Å². The van der Waals surface area contributed by atoms with Gasteiger partial charge >= 0.3 is 11.8 Å². The minimum Gasteiger partial charge on any atom is -0.617 e. The number of fused-ring (bicyclic) bond motifs is 1. The van der Waals surface area contributed by atoms with E-state index in [0.29, 0.717) is 0 Å². The van der Waals surface area contributed by atoms with Gasteiger partial charge in [0.1, 0.15) is 6.54 Å². The summed E-state index contributed by atoms with van der Waals surface area (Å²) >= 11 is 0. The Morgan fingerprint density at radius 1 is 1.20 bits per heavy atom. The number of rotatable bonds is 2. The molecule has 1 aliphatic heterocycles. The summed E-state index contributed by atoms with van der Waals surface area (Å²) in [4.78, 5) is 23.4. The zero-order valence-corrected chi connectivity index (χ0v) is 7.97. The lowest BCUT2D eigenvalue weighted by Crippen LogP contribution is -2.47. The Labute approximate surface area is 86.6 Å². The molecule has 1 aliphatic rings. The molecule has 76 valence electrons. The summed E-state index contributed by atoms with van der Waals surface area (Å²) in [6.07, 6.45) is 1.29. The molecule has 15 heavy (non-hydrogen) atoms. The zero-order valence-electron chi connectivity index (χ0n) is 7.97. The van der Waals surface area contributed by atoms with Gasteiger partial charge in [0.15, 0.2) is 0 Å². The third-order valence-electron chi connectivity index (χ3n) is 2.43. The topological polar surface area (TPSA) is 57.2 Å². The first-order valence-electron chi connectivity index (χ1n) is 4.50. The van der Waals surface area contributed by atoms with E-state index in [-0.39, 0.29) is 17.7 Å². The van der Waals surface area contributed by atoms with E-state index in [1.54, 1.807) is 12.1 Å². The van der Waals surface area contributed by atoms with E-state index >= 15 is 0 Å². The van der Waals surface area contributed by atoms with E-state index in [2.05, 4.69) is 6.58 Å². The van der Waals surface area contributed by atoms with Gasteiger partial charge in [-0.25, -0.2) is 14.2 Å². The molecule has 0 radical (unpaired) electrons. The predicted octanol–water partition coefficient (Wildman–Crippen LogP) is 1.48. The maximum Gasteiger partial charge on any atom is 0.354 e. The third-order valence-corrected chi connectivity index (χ3v) is 2.43. The highest BCUT2D eigenvalue weighted by atomic mass is 16.6. The normalized spacial score (nSPS) is 17.7. The third kappa shape index (κ3) is 1.16. The van der Waals surface area contributed by atoms with Gasteiger partial charge in [-0.05, 0) is 18.2 Å². The molecule has 0 saturated heterocycles. The number of hydrogen-bond acceptors (Lipinski definition) is 3. The Morgan fingerprint density at radius 3 is 2.07 bits per heavy atom. The Kier molecular flexibility index (Phi) is 2.03. The molecule has 0 atom stereocenters. The lowest BCUT2D eigenvalue weighted by Gasteiger charge is -2.30. The molecular formula is C11H9NO3. The predicted molar refractivity (Wildman–Crippen MR) is 53.8 cm³/mol. The van der Waals surface area contributed by atoms with Crippen LogP contribution in [0.25, 0.3) is 0 Å². The summed E-state index contributed by atoms with van der Waals surface area (Å²) in [5.41, 5.74) is 0.415. The molecule has 0 aliphatic carbocycles. The molecule has 1 aromatic rings. The van der Waals surface area contributed by atoms with Crippen LogP contribution < -0.4 is 0 Å². The van der Waals surface area contributed by atoms with E-state index in [0.717, 1.165) is 0 Å². The van der Waals surface area contributed by atoms with Crippen molar-refractivity contribution in [3.8, 4) is 0 Å². The highest BCUT2D eigenvalue weighted by Crippen LogP contribution is 2.28. The number of nitrogens with zero attached hydrogens (tertiary/aromatic N) is 1. The van der Waals surface area contributed by atoms with Gasteiger partial charge in [0.2, 0.25) is 0 Å². The van der Waals surface area contributed by atoms with Crippen molar-refractivity contribution in [1.29, 1.82) is 0 Å². The van der Waals surface area contributed by atoms with Crippen LogP contribution in [0.1, 0.15) is 20.7 Å². The van der Waals surface area contributed by atoms with Crippen molar-refractivity contribution < 1.29 is 14.2 Å². The highest BCUT2D eigenvalue weighted by molar-refractivity contribution is 6.14. The fraction of sp³-hybridized carbons (Fsp3) is 0.0909. The number of hydrogen-bond donors (Lipinski definition) is 0. The van der Waals surface area contributed by atoms with Crippen molar-refractivity contribution in [3.63, 3.8) is 0 Å². The average molecular weight is 203 g/mol. The Bertz CT molecular complexity index is 430. The standard InChI is InChI=1S/C11H9NO3/c1-2-7-12(15)10(13)8-5-3-4-6-9(8)11(12)14/h2-6H,1,7H2. The maximum atomic E-state index is 12.0. The van der Waals surface area contributed by atoms with Gasteiger partial charge in [-0.3, -0.25) is 0 Å². The molecule has 0 spiro atoms. The van der Waals surface area contributed by atoms with E-state index in [9.17, 15) is 14.8 Å². The molecule has 0 N–H and O–H groups in total. The quantitative estimate of drug-likeness (QED) is 0.316. The van der Waals surface area contributed by atoms with Gasteiger partial charge in [-0.15, -0.1) is 0 Å². The molecule has 1 aromatic carbocycles. The first kappa shape index (κ1) is 9.76. The van der Waals surface area contributed by atoms with Crippen molar-refractivity contribution >= 4 is 11.8 Å². The van der Waals surface area contributed by atoms with Crippen LogP contribution in [0.15, 0.2) is 36.9 Å². The van der Waals surface area contributed by atoms with Gasteiger partial charge in [0, 0.05) is 0 Å². The number of imide groups is 1. The largest absolute Gasteiger partial charge is 0.617 e. The van der Waals surface area contributed by atoms with Crippen LogP contribution >= 0.6 is 0 Å². The molecule has 0 aromatic heterocycles. The summed E-state index contributed by atoms with van der Waals surface area (Å²) in [6, 6.07) is 6.26. The smallest absolute Gasteiger partial charge is 0.354 e. The van der Waals surface area contributed by atoms with Crippen molar-refractivity contribution in [2.24, 2.45) is 0 Å². The lowest BCUT2D eigenvalue weighted by molar-refractivity contribution is -0.700. The number of amides is 2. The molecule has 4 nitrogen and oxygen atoms in total. The summed E-state index contributed by atoms with van der Waals surface area (Å²) in [6.45, 7) is 3.17. The summed E-state index contributed by atoms with van der Waals surface area (Å²) in [5.74, 6) is -1.40. The van der Waals surface area contributed by atoms with E-state index in [4.69, 9.17) is 0 Å². The minimum absolute atomic E-state index is 0.208. The second-order valence-electron chi connectivity index (χ2n) is 3.37. The second-order valence-corrected chi connectivity index (χ2v) is 3.37. The molecular weight excluding hydrogens is 194 g/mol. The molecule has 4 heteroatoms. The monoisotopic (exact) mass is 203 g/mol. The van der Waals surface area contributed by atoms with Crippen LogP contribution in [0.2, 0.25) is 0 Å². The van der Waals surface area contributed by atoms with Crippen LogP contribution in [-0.4, -0.2) is 23.0 Å². The summed E-state index contributed by atoms with van der Waals surface area (Å²) in [5, 5.41) is 12.0. The molecule has 0 unspecified atom stereocenters. The average Bonchev–Trinajstić information content (AvgIpc) is 2.43. The Morgan fingerprint density at radius 2 is 1.67 bits per heavy atom. The van der Waals surface area contributed by atoms with Crippen molar-refractivity contribution in [2.45, 2.75) is 0 Å². The van der Waals surface area contributed by atoms with Crippen LogP contribution in [0.5, 0.6) is 0 Å². The van der Waals surface area contributed by atoms with Crippen molar-refractivity contribution in [3.05, 3.63) is 53.3 Å². The minimum atomic E-state index is -1.47. The van der Waals surface area contributed by atoms with Gasteiger partial charge in [0.25, 0.3) is 0 Å². The van der Waals surface area contributed by atoms with Crippen molar-refractivity contribution in [1.82, 2.24) is 0 Å². The summed E-state index contributed by atoms with van der Waals surface area (Å²) in [7, 11) is 0. The van der Waals surface area contributed by atoms with E-state index in [1.165, 1.54) is 18.2 Å². The highest BCUT2D eigenvalue weighted by Gasteiger charge is 2.46. The maximum absolute atomic E-state index is 12.0. The number of carbonyl (C=O) groups excluding carboxylic acids is 2. The molecule has 1 heterocycles. The number of benzene rings is 1. The molecule has 0 bridgehead atoms.